The molecule has 0 heterocycles. The highest BCUT2D eigenvalue weighted by Crippen LogP contribution is 2.32. The van der Waals surface area contributed by atoms with Gasteiger partial charge < -0.3 is 9.57 Å². The van der Waals surface area contributed by atoms with E-state index in [1.807, 2.05) is 0 Å². The fourth-order valence-corrected chi connectivity index (χ4v) is 1.90. The standard InChI is InChI=1S/C14H21NO2/c1-10-3-6-13(7-8-17-15)14(11(10)2)16-9-12-4-5-12/h3,6,12H,4-5,7-9,15H2,1-2H3. The molecule has 1 aliphatic rings. The first-order valence-corrected chi connectivity index (χ1v) is 6.26. The van der Waals surface area contributed by atoms with Gasteiger partial charge in [-0.05, 0) is 49.3 Å². The molecular formula is C14H21NO2. The van der Waals surface area contributed by atoms with Crippen molar-refractivity contribution in [3.8, 4) is 5.75 Å². The summed E-state index contributed by atoms with van der Waals surface area (Å²) in [5.74, 6) is 6.89. The van der Waals surface area contributed by atoms with Crippen molar-refractivity contribution in [1.29, 1.82) is 0 Å². The van der Waals surface area contributed by atoms with Gasteiger partial charge in [0.25, 0.3) is 0 Å². The maximum Gasteiger partial charge on any atom is 0.125 e. The van der Waals surface area contributed by atoms with Crippen molar-refractivity contribution in [2.24, 2.45) is 11.8 Å². The van der Waals surface area contributed by atoms with Crippen LogP contribution in [0, 0.1) is 19.8 Å². The van der Waals surface area contributed by atoms with Crippen LogP contribution in [-0.4, -0.2) is 13.2 Å². The van der Waals surface area contributed by atoms with Crippen molar-refractivity contribution in [2.75, 3.05) is 13.2 Å². The highest BCUT2D eigenvalue weighted by atomic mass is 16.6. The van der Waals surface area contributed by atoms with Crippen LogP contribution in [0.1, 0.15) is 29.5 Å². The van der Waals surface area contributed by atoms with E-state index in [0.29, 0.717) is 6.61 Å². The van der Waals surface area contributed by atoms with Crippen LogP contribution in [0.25, 0.3) is 0 Å². The normalized spacial score (nSPS) is 15.0. The molecule has 0 saturated heterocycles. The van der Waals surface area contributed by atoms with Crippen molar-refractivity contribution < 1.29 is 9.57 Å². The van der Waals surface area contributed by atoms with Crippen molar-refractivity contribution >= 4 is 0 Å². The number of aryl methyl sites for hydroxylation is 1. The minimum absolute atomic E-state index is 0.530. The van der Waals surface area contributed by atoms with Gasteiger partial charge in [0.1, 0.15) is 5.75 Å². The first-order valence-electron chi connectivity index (χ1n) is 6.26. The van der Waals surface area contributed by atoms with Gasteiger partial charge in [0.15, 0.2) is 0 Å². The van der Waals surface area contributed by atoms with E-state index in [2.05, 4.69) is 30.8 Å². The highest BCUT2D eigenvalue weighted by molar-refractivity contribution is 5.45. The van der Waals surface area contributed by atoms with Crippen molar-refractivity contribution in [3.63, 3.8) is 0 Å². The molecule has 0 radical (unpaired) electrons. The zero-order valence-electron chi connectivity index (χ0n) is 10.7. The predicted molar refractivity (Wildman–Crippen MR) is 68.0 cm³/mol. The maximum atomic E-state index is 5.97. The fraction of sp³-hybridized carbons (Fsp3) is 0.571. The van der Waals surface area contributed by atoms with E-state index >= 15 is 0 Å². The molecule has 1 fully saturated rings. The SMILES string of the molecule is Cc1ccc(CCON)c(OCC2CC2)c1C. The Kier molecular flexibility index (Phi) is 4.02. The summed E-state index contributed by atoms with van der Waals surface area (Å²) in [4.78, 5) is 4.65. The number of nitrogens with two attached hydrogens (primary N) is 1. The van der Waals surface area contributed by atoms with E-state index < -0.39 is 0 Å². The number of benzene rings is 1. The average molecular weight is 235 g/mol. The second kappa shape index (κ2) is 5.52. The van der Waals surface area contributed by atoms with E-state index in [-0.39, 0.29) is 0 Å². The summed E-state index contributed by atoms with van der Waals surface area (Å²) < 4.78 is 5.97. The van der Waals surface area contributed by atoms with Gasteiger partial charge >= 0.3 is 0 Å². The van der Waals surface area contributed by atoms with Gasteiger partial charge in [-0.1, -0.05) is 12.1 Å². The number of hydrogen-bond acceptors (Lipinski definition) is 3. The lowest BCUT2D eigenvalue weighted by atomic mass is 10.0. The Bertz CT molecular complexity index is 386. The minimum Gasteiger partial charge on any atom is -0.493 e. The quantitative estimate of drug-likeness (QED) is 0.771. The third-order valence-corrected chi connectivity index (χ3v) is 3.41. The molecule has 1 aliphatic carbocycles. The lowest BCUT2D eigenvalue weighted by Crippen LogP contribution is -2.08. The molecular weight excluding hydrogens is 214 g/mol. The lowest BCUT2D eigenvalue weighted by molar-refractivity contribution is 0.140. The van der Waals surface area contributed by atoms with Gasteiger partial charge in [-0.2, -0.15) is 0 Å². The highest BCUT2D eigenvalue weighted by Gasteiger charge is 2.23. The van der Waals surface area contributed by atoms with E-state index in [4.69, 9.17) is 10.6 Å². The Morgan fingerprint density at radius 2 is 2.06 bits per heavy atom. The molecule has 2 rings (SSSR count). The van der Waals surface area contributed by atoms with E-state index in [9.17, 15) is 0 Å². The molecule has 0 aromatic heterocycles. The van der Waals surface area contributed by atoms with Crippen molar-refractivity contribution in [1.82, 2.24) is 0 Å². The molecule has 0 spiro atoms. The summed E-state index contributed by atoms with van der Waals surface area (Å²) in [6.07, 6.45) is 3.43. The first-order chi connectivity index (χ1) is 8.22. The van der Waals surface area contributed by atoms with Crippen molar-refractivity contribution in [2.45, 2.75) is 33.1 Å². The average Bonchev–Trinajstić information content (AvgIpc) is 3.13. The van der Waals surface area contributed by atoms with Crippen LogP contribution in [0.15, 0.2) is 12.1 Å². The summed E-state index contributed by atoms with van der Waals surface area (Å²) in [6, 6.07) is 4.24. The fourth-order valence-electron chi connectivity index (χ4n) is 1.90. The Hall–Kier alpha value is -1.06. The zero-order valence-corrected chi connectivity index (χ0v) is 10.7. The number of rotatable bonds is 6. The molecule has 17 heavy (non-hydrogen) atoms. The molecule has 0 bridgehead atoms. The van der Waals surface area contributed by atoms with Crippen LogP contribution in [0.4, 0.5) is 0 Å². The van der Waals surface area contributed by atoms with Gasteiger partial charge in [0.2, 0.25) is 0 Å². The van der Waals surface area contributed by atoms with E-state index in [1.54, 1.807) is 0 Å². The van der Waals surface area contributed by atoms with Gasteiger partial charge in [-0.15, -0.1) is 0 Å². The summed E-state index contributed by atoms with van der Waals surface area (Å²) in [5, 5.41) is 0. The molecule has 3 nitrogen and oxygen atoms in total. The molecule has 94 valence electrons. The maximum absolute atomic E-state index is 5.97. The summed E-state index contributed by atoms with van der Waals surface area (Å²) >= 11 is 0. The van der Waals surface area contributed by atoms with Crippen LogP contribution >= 0.6 is 0 Å². The Morgan fingerprint density at radius 1 is 1.29 bits per heavy atom. The lowest BCUT2D eigenvalue weighted by Gasteiger charge is -2.15. The molecule has 1 aromatic rings. The molecule has 2 N–H and O–H groups in total. The van der Waals surface area contributed by atoms with Crippen molar-refractivity contribution in [3.05, 3.63) is 28.8 Å². The summed E-state index contributed by atoms with van der Waals surface area (Å²) in [5.41, 5.74) is 3.70. The van der Waals surface area contributed by atoms with Crippen LogP contribution in [-0.2, 0) is 11.3 Å². The number of ether oxygens (including phenoxy) is 1. The van der Waals surface area contributed by atoms with E-state index in [0.717, 1.165) is 24.7 Å². The molecule has 3 heteroatoms. The third-order valence-electron chi connectivity index (χ3n) is 3.41. The smallest absolute Gasteiger partial charge is 0.125 e. The number of hydrogen-bond donors (Lipinski definition) is 1. The van der Waals surface area contributed by atoms with E-state index in [1.165, 1.54) is 29.5 Å². The molecule has 0 unspecified atom stereocenters. The molecule has 1 saturated carbocycles. The second-order valence-electron chi connectivity index (χ2n) is 4.87. The largest absolute Gasteiger partial charge is 0.493 e. The molecule has 0 atom stereocenters. The summed E-state index contributed by atoms with van der Waals surface area (Å²) in [6.45, 7) is 5.61. The Morgan fingerprint density at radius 3 is 2.71 bits per heavy atom. The van der Waals surface area contributed by atoms with Crippen LogP contribution < -0.4 is 10.6 Å². The predicted octanol–water partition coefficient (Wildman–Crippen LogP) is 2.53. The van der Waals surface area contributed by atoms with Gasteiger partial charge in [0.05, 0.1) is 13.2 Å². The molecule has 1 aromatic carbocycles. The van der Waals surface area contributed by atoms with Gasteiger partial charge in [-0.25, -0.2) is 5.90 Å². The first kappa shape index (κ1) is 12.4. The molecule has 0 amide bonds. The minimum atomic E-state index is 0.530. The molecule has 0 aliphatic heterocycles. The van der Waals surface area contributed by atoms with Gasteiger partial charge in [0, 0.05) is 6.42 Å². The summed E-state index contributed by atoms with van der Waals surface area (Å²) in [7, 11) is 0. The van der Waals surface area contributed by atoms with Crippen LogP contribution in [0.5, 0.6) is 5.75 Å². The topological polar surface area (TPSA) is 44.5 Å². The monoisotopic (exact) mass is 235 g/mol. The van der Waals surface area contributed by atoms with Gasteiger partial charge in [-0.3, -0.25) is 0 Å². The van der Waals surface area contributed by atoms with Crippen LogP contribution in [0.3, 0.4) is 0 Å². The second-order valence-corrected chi connectivity index (χ2v) is 4.87. The van der Waals surface area contributed by atoms with Crippen LogP contribution in [0.2, 0.25) is 0 Å². The Balaban J connectivity index is 2.13. The Labute approximate surface area is 103 Å². The zero-order chi connectivity index (χ0) is 12.3. The third kappa shape index (κ3) is 3.20.